The van der Waals surface area contributed by atoms with Gasteiger partial charge in [0.15, 0.2) is 0 Å². The zero-order chi connectivity index (χ0) is 16.8. The number of aliphatic hydroxyl groups excluding tert-OH is 1. The van der Waals surface area contributed by atoms with E-state index in [0.29, 0.717) is 17.9 Å². The van der Waals surface area contributed by atoms with Crippen LogP contribution in [0.15, 0.2) is 18.2 Å². The van der Waals surface area contributed by atoms with E-state index in [1.807, 2.05) is 40.7 Å². The van der Waals surface area contributed by atoms with E-state index in [0.717, 1.165) is 12.1 Å². The summed E-state index contributed by atoms with van der Waals surface area (Å²) in [5.41, 5.74) is 1.26. The molecule has 0 aliphatic carbocycles. The van der Waals surface area contributed by atoms with Crippen LogP contribution in [0.4, 0.5) is 5.69 Å². The molecule has 0 heterocycles. The van der Waals surface area contributed by atoms with Crippen molar-refractivity contribution in [2.45, 2.75) is 59.2 Å². The molecule has 0 saturated carbocycles. The molecule has 0 spiro atoms. The second kappa shape index (κ2) is 8.03. The molecule has 0 saturated heterocycles. The van der Waals surface area contributed by atoms with Crippen molar-refractivity contribution >= 4 is 11.6 Å². The first kappa shape index (κ1) is 18.3. The topological polar surface area (TPSA) is 70.6 Å². The molecule has 22 heavy (non-hydrogen) atoms. The maximum atomic E-state index is 12.2. The summed E-state index contributed by atoms with van der Waals surface area (Å²) in [5, 5.41) is 15.6. The van der Waals surface area contributed by atoms with Crippen molar-refractivity contribution in [2.75, 3.05) is 11.9 Å². The maximum absolute atomic E-state index is 12.2. The number of carbonyl (C=O) groups excluding carboxylic acids is 1. The van der Waals surface area contributed by atoms with Crippen molar-refractivity contribution in [3.8, 4) is 5.75 Å². The van der Waals surface area contributed by atoms with E-state index >= 15 is 0 Å². The molecule has 1 rings (SSSR count). The number of amides is 1. The van der Waals surface area contributed by atoms with E-state index in [4.69, 9.17) is 4.74 Å². The predicted octanol–water partition coefficient (Wildman–Crippen LogP) is 2.68. The van der Waals surface area contributed by atoms with Gasteiger partial charge >= 0.3 is 0 Å². The van der Waals surface area contributed by atoms with Crippen LogP contribution in [-0.2, 0) is 11.4 Å². The van der Waals surface area contributed by atoms with E-state index in [2.05, 4.69) is 10.6 Å². The van der Waals surface area contributed by atoms with Crippen molar-refractivity contribution in [1.82, 2.24) is 5.32 Å². The predicted molar refractivity (Wildman–Crippen MR) is 89.1 cm³/mol. The number of aliphatic hydroxyl groups is 1. The molecular formula is C17H28N2O3. The van der Waals surface area contributed by atoms with Crippen molar-refractivity contribution in [3.05, 3.63) is 23.8 Å². The Morgan fingerprint density at radius 1 is 1.36 bits per heavy atom. The Kier molecular flexibility index (Phi) is 6.68. The van der Waals surface area contributed by atoms with Crippen LogP contribution in [0.5, 0.6) is 5.75 Å². The lowest BCUT2D eigenvalue weighted by molar-refractivity contribution is -0.123. The summed E-state index contributed by atoms with van der Waals surface area (Å²) in [6.07, 6.45) is 0.864. The van der Waals surface area contributed by atoms with Crippen LogP contribution in [-0.4, -0.2) is 29.2 Å². The standard InChI is InChI=1S/C17H28N2O3/c1-6-17(4,5)19-16(21)12(3)18-14-8-9-15(22-7-2)13(10-14)11-20/h8-10,12,18,20H,6-7,11H2,1-5H3,(H,19,21). The summed E-state index contributed by atoms with van der Waals surface area (Å²) in [5.74, 6) is 0.617. The van der Waals surface area contributed by atoms with Crippen LogP contribution >= 0.6 is 0 Å². The third kappa shape index (κ3) is 5.22. The van der Waals surface area contributed by atoms with Gasteiger partial charge in [0.2, 0.25) is 5.91 Å². The minimum atomic E-state index is -0.365. The van der Waals surface area contributed by atoms with Gasteiger partial charge in [0.05, 0.1) is 13.2 Å². The highest BCUT2D eigenvalue weighted by atomic mass is 16.5. The highest BCUT2D eigenvalue weighted by Gasteiger charge is 2.21. The van der Waals surface area contributed by atoms with E-state index in [-0.39, 0.29) is 24.1 Å². The molecule has 5 heteroatoms. The summed E-state index contributed by atoms with van der Waals surface area (Å²) in [6, 6.07) is 5.09. The van der Waals surface area contributed by atoms with E-state index in [1.165, 1.54) is 0 Å². The summed E-state index contributed by atoms with van der Waals surface area (Å²) >= 11 is 0. The van der Waals surface area contributed by atoms with Gasteiger partial charge < -0.3 is 20.5 Å². The van der Waals surface area contributed by atoms with E-state index in [1.54, 1.807) is 12.1 Å². The smallest absolute Gasteiger partial charge is 0.242 e. The van der Waals surface area contributed by atoms with Crippen molar-refractivity contribution in [3.63, 3.8) is 0 Å². The number of hydrogen-bond acceptors (Lipinski definition) is 4. The number of benzene rings is 1. The molecule has 1 aromatic carbocycles. The van der Waals surface area contributed by atoms with Crippen LogP contribution in [0.25, 0.3) is 0 Å². The van der Waals surface area contributed by atoms with E-state index in [9.17, 15) is 9.90 Å². The van der Waals surface area contributed by atoms with Gasteiger partial charge in [0.1, 0.15) is 11.8 Å². The largest absolute Gasteiger partial charge is 0.494 e. The Bertz CT molecular complexity index is 501. The Morgan fingerprint density at radius 2 is 2.05 bits per heavy atom. The fraction of sp³-hybridized carbons (Fsp3) is 0.588. The Hall–Kier alpha value is -1.75. The maximum Gasteiger partial charge on any atom is 0.242 e. The van der Waals surface area contributed by atoms with Gasteiger partial charge in [0, 0.05) is 16.8 Å². The van der Waals surface area contributed by atoms with Gasteiger partial charge in [-0.1, -0.05) is 6.92 Å². The monoisotopic (exact) mass is 308 g/mol. The van der Waals surface area contributed by atoms with Gasteiger partial charge in [-0.05, 0) is 52.3 Å². The quantitative estimate of drug-likeness (QED) is 0.690. The number of rotatable bonds is 8. The molecule has 0 aliphatic rings. The molecule has 1 amide bonds. The minimum absolute atomic E-state index is 0.0497. The molecule has 1 atom stereocenters. The molecule has 0 bridgehead atoms. The van der Waals surface area contributed by atoms with Gasteiger partial charge in [0.25, 0.3) is 0 Å². The second-order valence-corrected chi connectivity index (χ2v) is 6.01. The summed E-state index contributed by atoms with van der Waals surface area (Å²) < 4.78 is 5.45. The SMILES string of the molecule is CCOc1ccc(NC(C)C(=O)NC(C)(C)CC)cc1CO. The lowest BCUT2D eigenvalue weighted by Crippen LogP contribution is -2.48. The Morgan fingerprint density at radius 3 is 2.59 bits per heavy atom. The van der Waals surface area contributed by atoms with Crippen molar-refractivity contribution < 1.29 is 14.6 Å². The average Bonchev–Trinajstić information content (AvgIpc) is 2.48. The first-order valence-corrected chi connectivity index (χ1v) is 7.78. The third-order valence-electron chi connectivity index (χ3n) is 3.65. The molecule has 1 aromatic rings. The fourth-order valence-corrected chi connectivity index (χ4v) is 1.93. The van der Waals surface area contributed by atoms with Crippen LogP contribution in [0.3, 0.4) is 0 Å². The second-order valence-electron chi connectivity index (χ2n) is 6.01. The number of carbonyl (C=O) groups is 1. The molecular weight excluding hydrogens is 280 g/mol. The summed E-state index contributed by atoms with van der Waals surface area (Å²) in [6.45, 7) is 10.2. The lowest BCUT2D eigenvalue weighted by atomic mass is 10.0. The summed E-state index contributed by atoms with van der Waals surface area (Å²) in [4.78, 5) is 12.2. The van der Waals surface area contributed by atoms with E-state index < -0.39 is 0 Å². The van der Waals surface area contributed by atoms with Crippen molar-refractivity contribution in [1.29, 1.82) is 0 Å². The van der Waals surface area contributed by atoms with Crippen LogP contribution in [0, 0.1) is 0 Å². The number of nitrogens with one attached hydrogen (secondary N) is 2. The Balaban J connectivity index is 2.75. The van der Waals surface area contributed by atoms with Gasteiger partial charge in [-0.25, -0.2) is 0 Å². The molecule has 3 N–H and O–H groups in total. The molecule has 5 nitrogen and oxygen atoms in total. The first-order valence-electron chi connectivity index (χ1n) is 7.78. The number of ether oxygens (including phenoxy) is 1. The minimum Gasteiger partial charge on any atom is -0.494 e. The lowest BCUT2D eigenvalue weighted by Gasteiger charge is -2.27. The average molecular weight is 308 g/mol. The fourth-order valence-electron chi connectivity index (χ4n) is 1.93. The zero-order valence-corrected chi connectivity index (χ0v) is 14.2. The van der Waals surface area contributed by atoms with Crippen LogP contribution in [0.2, 0.25) is 0 Å². The van der Waals surface area contributed by atoms with Gasteiger partial charge in [-0.2, -0.15) is 0 Å². The molecule has 0 radical (unpaired) electrons. The Labute approximate surface area is 133 Å². The van der Waals surface area contributed by atoms with Crippen molar-refractivity contribution in [2.24, 2.45) is 0 Å². The molecule has 124 valence electrons. The molecule has 0 aromatic heterocycles. The molecule has 0 aliphatic heterocycles. The van der Waals surface area contributed by atoms with Crippen LogP contribution in [0.1, 0.15) is 46.6 Å². The number of anilines is 1. The molecule has 0 fully saturated rings. The molecule has 1 unspecified atom stereocenters. The number of hydrogen-bond donors (Lipinski definition) is 3. The normalized spacial score (nSPS) is 12.6. The highest BCUT2D eigenvalue weighted by molar-refractivity contribution is 5.84. The summed E-state index contributed by atoms with van der Waals surface area (Å²) in [7, 11) is 0. The first-order chi connectivity index (χ1) is 10.3. The van der Waals surface area contributed by atoms with Gasteiger partial charge in [-0.3, -0.25) is 4.79 Å². The van der Waals surface area contributed by atoms with Gasteiger partial charge in [-0.15, -0.1) is 0 Å². The zero-order valence-electron chi connectivity index (χ0n) is 14.2. The third-order valence-corrected chi connectivity index (χ3v) is 3.65. The van der Waals surface area contributed by atoms with Crippen LogP contribution < -0.4 is 15.4 Å². The highest BCUT2D eigenvalue weighted by Crippen LogP contribution is 2.23.